The van der Waals surface area contributed by atoms with E-state index >= 15 is 0 Å². The number of nitrogens with zero attached hydrogens (tertiary/aromatic N) is 2. The maximum atomic E-state index is 11.0. The zero-order chi connectivity index (χ0) is 12.8. The van der Waals surface area contributed by atoms with Crippen molar-refractivity contribution in [3.63, 3.8) is 0 Å². The molecule has 0 aromatic carbocycles. The van der Waals surface area contributed by atoms with Gasteiger partial charge in [0, 0.05) is 25.4 Å². The van der Waals surface area contributed by atoms with Gasteiger partial charge in [-0.1, -0.05) is 13.8 Å². The van der Waals surface area contributed by atoms with Crippen LogP contribution in [-0.2, 0) is 16.0 Å². The molecule has 1 aromatic rings. The van der Waals surface area contributed by atoms with Crippen molar-refractivity contribution in [2.45, 2.75) is 26.7 Å². The molecule has 17 heavy (non-hydrogen) atoms. The van der Waals surface area contributed by atoms with Crippen LogP contribution in [0.3, 0.4) is 0 Å². The average molecular weight is 256 g/mol. The summed E-state index contributed by atoms with van der Waals surface area (Å²) in [5, 5.41) is 3.02. The lowest BCUT2D eigenvalue weighted by atomic mass is 10.2. The minimum Gasteiger partial charge on any atom is -0.469 e. The van der Waals surface area contributed by atoms with E-state index < -0.39 is 0 Å². The lowest BCUT2D eigenvalue weighted by Gasteiger charge is -2.17. The fourth-order valence-corrected chi connectivity index (χ4v) is 2.38. The Morgan fingerprint density at radius 1 is 1.59 bits per heavy atom. The van der Waals surface area contributed by atoms with Gasteiger partial charge in [-0.25, -0.2) is 4.98 Å². The molecule has 5 heteroatoms. The van der Waals surface area contributed by atoms with Crippen LogP contribution >= 0.6 is 11.3 Å². The van der Waals surface area contributed by atoms with Crippen molar-refractivity contribution >= 4 is 22.4 Å². The van der Waals surface area contributed by atoms with E-state index in [4.69, 9.17) is 0 Å². The van der Waals surface area contributed by atoms with Crippen molar-refractivity contribution in [2.24, 2.45) is 5.92 Å². The molecule has 0 amide bonds. The third kappa shape index (κ3) is 4.73. The highest BCUT2D eigenvalue weighted by molar-refractivity contribution is 7.13. The van der Waals surface area contributed by atoms with Crippen LogP contribution in [0.15, 0.2) is 5.38 Å². The molecular formula is C12H20N2O2S. The fourth-order valence-electron chi connectivity index (χ4n) is 1.54. The van der Waals surface area contributed by atoms with Gasteiger partial charge in [0.2, 0.25) is 0 Å². The molecule has 0 saturated carbocycles. The highest BCUT2D eigenvalue weighted by Gasteiger charge is 2.09. The van der Waals surface area contributed by atoms with E-state index in [0.717, 1.165) is 17.4 Å². The number of hydrogen-bond donors (Lipinski definition) is 0. The summed E-state index contributed by atoms with van der Waals surface area (Å²) in [6.07, 6.45) is 1.05. The summed E-state index contributed by atoms with van der Waals surface area (Å²) in [5.74, 6) is 0.428. The number of rotatable bonds is 6. The summed E-state index contributed by atoms with van der Waals surface area (Å²) in [6.45, 7) is 5.36. The molecule has 0 aliphatic rings. The summed E-state index contributed by atoms with van der Waals surface area (Å²) in [5.41, 5.74) is 0.964. The van der Waals surface area contributed by atoms with Gasteiger partial charge in [-0.3, -0.25) is 4.79 Å². The second-order valence-electron chi connectivity index (χ2n) is 4.47. The van der Waals surface area contributed by atoms with E-state index in [2.05, 4.69) is 28.5 Å². The summed E-state index contributed by atoms with van der Waals surface area (Å²) in [7, 11) is 3.45. The topological polar surface area (TPSA) is 42.4 Å². The standard InChI is InChI=1S/C12H20N2O2S/c1-9(2)7-14(3)12-13-10(8-17-12)5-6-11(15)16-4/h8-9H,5-7H2,1-4H3. The van der Waals surface area contributed by atoms with Gasteiger partial charge < -0.3 is 9.64 Å². The van der Waals surface area contributed by atoms with Gasteiger partial charge in [-0.2, -0.15) is 0 Å². The zero-order valence-corrected chi connectivity index (χ0v) is 11.7. The first-order chi connectivity index (χ1) is 8.02. The molecule has 0 fully saturated rings. The van der Waals surface area contributed by atoms with Gasteiger partial charge in [0.15, 0.2) is 5.13 Å². The Balaban J connectivity index is 2.50. The third-order valence-electron chi connectivity index (χ3n) is 2.32. The third-order valence-corrected chi connectivity index (χ3v) is 3.32. The van der Waals surface area contributed by atoms with Gasteiger partial charge in [0.25, 0.3) is 0 Å². The lowest BCUT2D eigenvalue weighted by molar-refractivity contribution is -0.140. The summed E-state index contributed by atoms with van der Waals surface area (Å²) >= 11 is 1.62. The van der Waals surface area contributed by atoms with Crippen LogP contribution < -0.4 is 4.90 Å². The molecular weight excluding hydrogens is 236 g/mol. The predicted molar refractivity (Wildman–Crippen MR) is 70.6 cm³/mol. The Hall–Kier alpha value is -1.10. The molecule has 4 nitrogen and oxygen atoms in total. The highest BCUT2D eigenvalue weighted by Crippen LogP contribution is 2.20. The number of aryl methyl sites for hydroxylation is 1. The van der Waals surface area contributed by atoms with Crippen LogP contribution in [0.4, 0.5) is 5.13 Å². The maximum absolute atomic E-state index is 11.0. The molecule has 1 aromatic heterocycles. The van der Waals surface area contributed by atoms with Crippen LogP contribution in [0, 0.1) is 5.92 Å². The molecule has 0 atom stereocenters. The Labute approximate surface area is 107 Å². The Morgan fingerprint density at radius 2 is 2.29 bits per heavy atom. The average Bonchev–Trinajstić information content (AvgIpc) is 2.73. The number of ether oxygens (including phenoxy) is 1. The molecule has 0 N–H and O–H groups in total. The second kappa shape index (κ2) is 6.59. The minimum atomic E-state index is -0.185. The number of carbonyl (C=O) groups is 1. The van der Waals surface area contributed by atoms with Gasteiger partial charge in [-0.15, -0.1) is 11.3 Å². The van der Waals surface area contributed by atoms with Crippen LogP contribution in [-0.4, -0.2) is 31.7 Å². The first-order valence-electron chi connectivity index (χ1n) is 5.75. The number of hydrogen-bond acceptors (Lipinski definition) is 5. The molecule has 0 spiro atoms. The quantitative estimate of drug-likeness (QED) is 0.733. The van der Waals surface area contributed by atoms with E-state index in [9.17, 15) is 4.79 Å². The summed E-state index contributed by atoms with van der Waals surface area (Å²) < 4.78 is 4.61. The fraction of sp³-hybridized carbons (Fsp3) is 0.667. The van der Waals surface area contributed by atoms with Crippen LogP contribution in [0.2, 0.25) is 0 Å². The van der Waals surface area contributed by atoms with Gasteiger partial charge in [0.1, 0.15) is 0 Å². The van der Waals surface area contributed by atoms with Crippen molar-refractivity contribution in [2.75, 3.05) is 25.6 Å². The van der Waals surface area contributed by atoms with Crippen LogP contribution in [0.1, 0.15) is 26.0 Å². The minimum absolute atomic E-state index is 0.185. The number of thiazole rings is 1. The molecule has 1 heterocycles. The molecule has 1 rings (SSSR count). The molecule has 0 aliphatic heterocycles. The molecule has 0 unspecified atom stereocenters. The van der Waals surface area contributed by atoms with Gasteiger partial charge in [-0.05, 0) is 5.92 Å². The lowest BCUT2D eigenvalue weighted by Crippen LogP contribution is -2.22. The Morgan fingerprint density at radius 3 is 2.88 bits per heavy atom. The van der Waals surface area contributed by atoms with Crippen molar-refractivity contribution in [3.05, 3.63) is 11.1 Å². The van der Waals surface area contributed by atoms with Crippen LogP contribution in [0.5, 0.6) is 0 Å². The van der Waals surface area contributed by atoms with Gasteiger partial charge >= 0.3 is 5.97 Å². The monoisotopic (exact) mass is 256 g/mol. The molecule has 0 bridgehead atoms. The van der Waals surface area contributed by atoms with Crippen molar-refractivity contribution in [1.29, 1.82) is 0 Å². The number of anilines is 1. The van der Waals surface area contributed by atoms with E-state index in [0.29, 0.717) is 18.8 Å². The van der Waals surface area contributed by atoms with E-state index in [1.165, 1.54) is 7.11 Å². The number of aromatic nitrogens is 1. The number of methoxy groups -OCH3 is 1. The zero-order valence-electron chi connectivity index (χ0n) is 10.9. The first-order valence-corrected chi connectivity index (χ1v) is 6.63. The SMILES string of the molecule is COC(=O)CCc1csc(N(C)CC(C)C)n1. The van der Waals surface area contributed by atoms with Crippen LogP contribution in [0.25, 0.3) is 0 Å². The predicted octanol–water partition coefficient (Wildman–Crippen LogP) is 2.34. The number of esters is 1. The summed E-state index contributed by atoms with van der Waals surface area (Å²) in [4.78, 5) is 17.7. The molecule has 0 aliphatic carbocycles. The Kier molecular flexibility index (Phi) is 5.41. The highest BCUT2D eigenvalue weighted by atomic mass is 32.1. The van der Waals surface area contributed by atoms with Gasteiger partial charge in [0.05, 0.1) is 19.2 Å². The molecule has 96 valence electrons. The summed E-state index contributed by atoms with van der Waals surface area (Å²) in [6, 6.07) is 0. The molecule has 0 radical (unpaired) electrons. The largest absolute Gasteiger partial charge is 0.469 e. The van der Waals surface area contributed by atoms with Crippen molar-refractivity contribution < 1.29 is 9.53 Å². The smallest absolute Gasteiger partial charge is 0.305 e. The number of carbonyl (C=O) groups excluding carboxylic acids is 1. The molecule has 0 saturated heterocycles. The van der Waals surface area contributed by atoms with Crippen molar-refractivity contribution in [1.82, 2.24) is 4.98 Å². The first kappa shape index (κ1) is 14.0. The van der Waals surface area contributed by atoms with E-state index in [1.54, 1.807) is 11.3 Å². The normalized spacial score (nSPS) is 10.6. The Bertz CT molecular complexity index is 363. The van der Waals surface area contributed by atoms with E-state index in [-0.39, 0.29) is 5.97 Å². The van der Waals surface area contributed by atoms with E-state index in [1.807, 2.05) is 12.4 Å². The van der Waals surface area contributed by atoms with Crippen molar-refractivity contribution in [3.8, 4) is 0 Å². The maximum Gasteiger partial charge on any atom is 0.305 e. The second-order valence-corrected chi connectivity index (χ2v) is 5.31.